The third-order valence-corrected chi connectivity index (χ3v) is 6.27. The van der Waals surface area contributed by atoms with Crippen LogP contribution in [0.2, 0.25) is 0 Å². The van der Waals surface area contributed by atoms with Crippen molar-refractivity contribution < 1.29 is 32.2 Å². The van der Waals surface area contributed by atoms with Gasteiger partial charge in [-0.1, -0.05) is 12.1 Å². The number of fused-ring (bicyclic) bond motifs is 2. The fourth-order valence-corrected chi connectivity index (χ4v) is 4.43. The Labute approximate surface area is 201 Å². The molecule has 36 heavy (non-hydrogen) atoms. The Kier molecular flexibility index (Phi) is 5.36. The van der Waals surface area contributed by atoms with Gasteiger partial charge in [0.2, 0.25) is 5.60 Å². The van der Waals surface area contributed by atoms with Crippen molar-refractivity contribution >= 4 is 27.8 Å². The van der Waals surface area contributed by atoms with E-state index in [1.807, 2.05) is 0 Å². The normalized spacial score (nSPS) is 13.8. The highest BCUT2D eigenvalue weighted by atomic mass is 19.4. The Morgan fingerprint density at radius 1 is 1.00 bits per heavy atom. The molecular formula is C26H19F4N3O3. The van der Waals surface area contributed by atoms with Crippen LogP contribution < -0.4 is 0 Å². The van der Waals surface area contributed by atoms with Crippen LogP contribution in [0.4, 0.5) is 17.6 Å². The number of aryl methyl sites for hydroxylation is 1. The van der Waals surface area contributed by atoms with Gasteiger partial charge in [-0.2, -0.15) is 18.3 Å². The molecule has 0 aliphatic rings. The van der Waals surface area contributed by atoms with Crippen LogP contribution in [0.25, 0.3) is 27.5 Å². The van der Waals surface area contributed by atoms with Gasteiger partial charge in [0, 0.05) is 35.1 Å². The second-order valence-corrected chi connectivity index (χ2v) is 8.39. The van der Waals surface area contributed by atoms with Gasteiger partial charge in [-0.05, 0) is 54.1 Å². The molecule has 5 aromatic rings. The Balaban J connectivity index is 1.68. The van der Waals surface area contributed by atoms with E-state index in [9.17, 15) is 27.5 Å². The van der Waals surface area contributed by atoms with E-state index in [-0.39, 0.29) is 16.5 Å². The molecule has 6 nitrogen and oxygen atoms in total. The van der Waals surface area contributed by atoms with Crippen molar-refractivity contribution in [1.82, 2.24) is 14.3 Å². The number of benzene rings is 3. The molecule has 1 unspecified atom stereocenters. The summed E-state index contributed by atoms with van der Waals surface area (Å²) in [7, 11) is 2.74. The summed E-state index contributed by atoms with van der Waals surface area (Å²) in [5, 5.41) is 16.1. The van der Waals surface area contributed by atoms with Gasteiger partial charge in [0.1, 0.15) is 5.82 Å². The van der Waals surface area contributed by atoms with E-state index >= 15 is 0 Å². The lowest BCUT2D eigenvalue weighted by atomic mass is 9.85. The number of aromatic nitrogens is 3. The largest absolute Gasteiger partial charge is 0.465 e. The average molecular weight is 497 g/mol. The molecule has 2 heterocycles. The molecule has 0 bridgehead atoms. The lowest BCUT2D eigenvalue weighted by molar-refractivity contribution is -0.247. The first-order valence-electron chi connectivity index (χ1n) is 10.8. The molecule has 0 radical (unpaired) electrons. The number of rotatable bonds is 4. The third-order valence-electron chi connectivity index (χ3n) is 6.27. The first-order chi connectivity index (χ1) is 17.0. The van der Waals surface area contributed by atoms with E-state index in [0.29, 0.717) is 22.1 Å². The second kappa shape index (κ2) is 8.20. The number of alkyl halides is 3. The van der Waals surface area contributed by atoms with E-state index < -0.39 is 29.1 Å². The topological polar surface area (TPSA) is 69.3 Å². The predicted molar refractivity (Wildman–Crippen MR) is 124 cm³/mol. The summed E-state index contributed by atoms with van der Waals surface area (Å²) in [5.41, 5.74) is -2.63. The van der Waals surface area contributed by atoms with Crippen LogP contribution in [-0.2, 0) is 17.4 Å². The van der Waals surface area contributed by atoms with Gasteiger partial charge in [-0.3, -0.25) is 0 Å². The fraction of sp³-hybridized carbons (Fsp3) is 0.154. The Hall–Kier alpha value is -4.18. The summed E-state index contributed by atoms with van der Waals surface area (Å²) >= 11 is 0. The number of ether oxygens (including phenoxy) is 1. The number of methoxy groups -OCH3 is 1. The van der Waals surface area contributed by atoms with Gasteiger partial charge in [0.05, 0.1) is 30.1 Å². The molecular weight excluding hydrogens is 478 g/mol. The van der Waals surface area contributed by atoms with Crippen molar-refractivity contribution in [3.8, 4) is 5.69 Å². The lowest BCUT2D eigenvalue weighted by Gasteiger charge is -2.31. The summed E-state index contributed by atoms with van der Waals surface area (Å²) in [6.07, 6.45) is -2.50. The van der Waals surface area contributed by atoms with Crippen molar-refractivity contribution in [1.29, 1.82) is 0 Å². The minimum Gasteiger partial charge on any atom is -0.465 e. The first kappa shape index (κ1) is 23.6. The third kappa shape index (κ3) is 3.53. The Bertz CT molecular complexity index is 1620. The van der Waals surface area contributed by atoms with Crippen molar-refractivity contribution in [2.45, 2.75) is 11.8 Å². The Morgan fingerprint density at radius 2 is 1.72 bits per heavy atom. The molecule has 2 aromatic heterocycles. The number of nitrogens with zero attached hydrogens (tertiary/aromatic N) is 3. The number of carbonyl (C=O) groups excluding carboxylic acids is 1. The maximum atomic E-state index is 14.6. The molecule has 5 rings (SSSR count). The summed E-state index contributed by atoms with van der Waals surface area (Å²) in [4.78, 5) is 11.9. The average Bonchev–Trinajstić information content (AvgIpc) is 3.43. The molecule has 0 aliphatic heterocycles. The van der Waals surface area contributed by atoms with Crippen LogP contribution in [0.3, 0.4) is 0 Å². The highest BCUT2D eigenvalue weighted by Crippen LogP contribution is 2.47. The zero-order valence-electron chi connectivity index (χ0n) is 19.0. The maximum Gasteiger partial charge on any atom is 0.425 e. The minimum atomic E-state index is -5.08. The lowest BCUT2D eigenvalue weighted by Crippen LogP contribution is -2.43. The molecule has 0 fully saturated rings. The molecule has 0 saturated heterocycles. The van der Waals surface area contributed by atoms with E-state index in [2.05, 4.69) is 5.10 Å². The van der Waals surface area contributed by atoms with Gasteiger partial charge in [-0.25, -0.2) is 13.9 Å². The number of esters is 1. The molecule has 0 aliphatic carbocycles. The van der Waals surface area contributed by atoms with E-state index in [0.717, 1.165) is 0 Å². The predicted octanol–water partition coefficient (Wildman–Crippen LogP) is 5.24. The number of carbonyl (C=O) groups is 1. The van der Waals surface area contributed by atoms with Gasteiger partial charge in [0.25, 0.3) is 0 Å². The summed E-state index contributed by atoms with van der Waals surface area (Å²) in [6.45, 7) is 0. The van der Waals surface area contributed by atoms with Crippen LogP contribution in [0, 0.1) is 5.82 Å². The number of hydrogen-bond donors (Lipinski definition) is 1. The number of hydrogen-bond acceptors (Lipinski definition) is 4. The SMILES string of the molecule is COC(=O)c1ccc2c(C(O)(c3ccc4c(cnn4-c4ccc(F)cc4)c3)C(F)(F)F)cn(C)c2c1. The smallest absolute Gasteiger partial charge is 0.425 e. The van der Waals surface area contributed by atoms with Crippen molar-refractivity contribution in [3.63, 3.8) is 0 Å². The zero-order valence-corrected chi connectivity index (χ0v) is 19.0. The van der Waals surface area contributed by atoms with Gasteiger partial charge < -0.3 is 14.4 Å². The number of halogens is 4. The molecule has 0 saturated carbocycles. The van der Waals surface area contributed by atoms with E-state index in [1.54, 1.807) is 0 Å². The van der Waals surface area contributed by atoms with Crippen LogP contribution >= 0.6 is 0 Å². The molecule has 0 amide bonds. The summed E-state index contributed by atoms with van der Waals surface area (Å²) in [5.74, 6) is -1.06. The summed E-state index contributed by atoms with van der Waals surface area (Å²) in [6, 6.07) is 13.5. The Morgan fingerprint density at radius 3 is 2.39 bits per heavy atom. The summed E-state index contributed by atoms with van der Waals surface area (Å²) < 4.78 is 64.7. The molecule has 1 atom stereocenters. The number of aliphatic hydroxyl groups is 1. The fourth-order valence-electron chi connectivity index (χ4n) is 4.43. The zero-order chi connectivity index (χ0) is 25.8. The minimum absolute atomic E-state index is 0.132. The molecule has 3 aromatic carbocycles. The van der Waals surface area contributed by atoms with Gasteiger partial charge >= 0.3 is 12.1 Å². The van der Waals surface area contributed by atoms with E-state index in [1.165, 1.54) is 96.5 Å². The highest BCUT2D eigenvalue weighted by molar-refractivity contribution is 5.96. The first-order valence-corrected chi connectivity index (χ1v) is 10.8. The van der Waals surface area contributed by atoms with Crippen LogP contribution in [0.15, 0.2) is 73.1 Å². The monoisotopic (exact) mass is 497 g/mol. The molecule has 1 N–H and O–H groups in total. The second-order valence-electron chi connectivity index (χ2n) is 8.39. The molecule has 184 valence electrons. The van der Waals surface area contributed by atoms with Gasteiger partial charge in [-0.15, -0.1) is 0 Å². The van der Waals surface area contributed by atoms with Crippen LogP contribution in [-0.4, -0.2) is 38.7 Å². The molecule has 0 spiro atoms. The highest BCUT2D eigenvalue weighted by Gasteiger charge is 2.57. The van der Waals surface area contributed by atoms with Crippen molar-refractivity contribution in [2.75, 3.05) is 7.11 Å². The van der Waals surface area contributed by atoms with Crippen molar-refractivity contribution in [2.24, 2.45) is 7.05 Å². The van der Waals surface area contributed by atoms with Crippen LogP contribution in [0.1, 0.15) is 21.5 Å². The van der Waals surface area contributed by atoms with Gasteiger partial charge in [0.15, 0.2) is 0 Å². The maximum absolute atomic E-state index is 14.6. The standard InChI is InChI=1S/C26H19F4N3O3/c1-32-14-21(20-9-3-15(12-23(20)32)24(34)36-2)25(35,26(28,29)30)17-4-10-22-16(11-17)13-31-33(22)19-7-5-18(27)6-8-19/h3-14,35H,1-2H3. The molecule has 10 heteroatoms. The van der Waals surface area contributed by atoms with Crippen molar-refractivity contribution in [3.05, 3.63) is 95.6 Å². The van der Waals surface area contributed by atoms with Crippen LogP contribution in [0.5, 0.6) is 0 Å². The quantitative estimate of drug-likeness (QED) is 0.272. The van der Waals surface area contributed by atoms with E-state index in [4.69, 9.17) is 4.74 Å².